The van der Waals surface area contributed by atoms with E-state index in [1.54, 1.807) is 0 Å². The fraction of sp³-hybridized carbons (Fsp3) is 0.800. The first-order chi connectivity index (χ1) is 7.66. The summed E-state index contributed by atoms with van der Waals surface area (Å²) < 4.78 is 0. The Morgan fingerprint density at radius 1 is 1.47 bits per heavy atom. The summed E-state index contributed by atoms with van der Waals surface area (Å²) in [7, 11) is 0. The van der Waals surface area contributed by atoms with E-state index in [1.807, 2.05) is 11.8 Å². The molecule has 2 aliphatic heterocycles. The van der Waals surface area contributed by atoms with Gasteiger partial charge in [-0.05, 0) is 12.8 Å². The number of thioether (sulfide) groups is 1. The van der Waals surface area contributed by atoms with Crippen LogP contribution in [0.1, 0.15) is 28.5 Å². The Morgan fingerprint density at radius 2 is 2.24 bits per heavy atom. The summed E-state index contributed by atoms with van der Waals surface area (Å²) >= 11 is 1.87. The van der Waals surface area contributed by atoms with Gasteiger partial charge in [-0.1, -0.05) is 6.42 Å². The van der Waals surface area contributed by atoms with E-state index >= 15 is 0 Å². The van der Waals surface area contributed by atoms with Crippen molar-refractivity contribution in [1.29, 1.82) is 0 Å². The summed E-state index contributed by atoms with van der Waals surface area (Å²) in [6, 6.07) is 0.440. The van der Waals surface area contributed by atoms with Crippen LogP contribution in [0.2, 0.25) is 0 Å². The zero-order valence-electron chi connectivity index (χ0n) is 11.6. The molecule has 17 heavy (non-hydrogen) atoms. The summed E-state index contributed by atoms with van der Waals surface area (Å²) in [5.41, 5.74) is 0. The number of hydrogen-bond acceptors (Lipinski definition) is 3. The van der Waals surface area contributed by atoms with Crippen molar-refractivity contribution in [2.24, 2.45) is 0 Å². The Kier molecular flexibility index (Phi) is 6.40. The van der Waals surface area contributed by atoms with Gasteiger partial charge in [-0.3, -0.25) is 4.79 Å². The van der Waals surface area contributed by atoms with Crippen LogP contribution in [0.15, 0.2) is 0 Å². The van der Waals surface area contributed by atoms with Crippen molar-refractivity contribution in [3.05, 3.63) is 0 Å². The van der Waals surface area contributed by atoms with Crippen molar-refractivity contribution in [1.82, 2.24) is 10.6 Å². The Bertz CT molecular complexity index is 312. The predicted molar refractivity (Wildman–Crippen MR) is 69.6 cm³/mol. The molecule has 0 bridgehead atoms. The van der Waals surface area contributed by atoms with E-state index in [-0.39, 0.29) is 65.1 Å². The molecule has 5 nitrogen and oxygen atoms in total. The van der Waals surface area contributed by atoms with Gasteiger partial charge in [-0.25, -0.2) is 4.79 Å². The maximum Gasteiger partial charge on any atom is 2.00 e. The number of hydrogen-bond donors (Lipinski definition) is 3. The number of urea groups is 1. The minimum absolute atomic E-state index is 0. The smallest absolute Gasteiger partial charge is 1.00 e. The van der Waals surface area contributed by atoms with Crippen molar-refractivity contribution < 1.29 is 17.5 Å². The number of carboxylic acid groups (broad SMARTS) is 1. The van der Waals surface area contributed by atoms with Gasteiger partial charge in [-0.15, -0.1) is 0 Å². The van der Waals surface area contributed by atoms with Crippen molar-refractivity contribution in [2.75, 3.05) is 5.75 Å². The number of amides is 2. The third-order valence-corrected chi connectivity index (χ3v) is 4.58. The van der Waals surface area contributed by atoms with E-state index in [1.165, 1.54) is 0 Å². The van der Waals surface area contributed by atoms with Crippen molar-refractivity contribution in [3.63, 3.8) is 0 Å². The maximum absolute atomic E-state index is 11.1. The average molecular weight is 286 g/mol. The van der Waals surface area contributed by atoms with Crippen molar-refractivity contribution in [3.8, 4) is 0 Å². The van der Waals surface area contributed by atoms with E-state index in [4.69, 9.17) is 5.11 Å². The summed E-state index contributed by atoms with van der Waals surface area (Å²) in [4.78, 5) is 21.5. The van der Waals surface area contributed by atoms with Gasteiger partial charge in [0.15, 0.2) is 0 Å². The molecular weight excluding hydrogens is 268 g/mol. The molecule has 2 aliphatic rings. The summed E-state index contributed by atoms with van der Waals surface area (Å²) in [6.45, 7) is 0. The van der Waals surface area contributed by atoms with Gasteiger partial charge in [0.25, 0.3) is 0 Å². The average Bonchev–Trinajstić information content (AvgIpc) is 2.72. The van der Waals surface area contributed by atoms with Gasteiger partial charge in [0.2, 0.25) is 0 Å². The first-order valence-electron chi connectivity index (χ1n) is 5.57. The van der Waals surface area contributed by atoms with Crippen LogP contribution < -0.4 is 10.6 Å². The molecule has 7 heteroatoms. The number of unbranched alkanes of at least 4 members (excludes halogenated alkanes) is 1. The van der Waals surface area contributed by atoms with E-state index in [0.29, 0.717) is 5.25 Å². The molecule has 3 N–H and O–H groups in total. The molecule has 2 fully saturated rings. The van der Waals surface area contributed by atoms with E-state index in [0.717, 1.165) is 25.0 Å². The molecule has 3 atom stereocenters. The molecule has 94 valence electrons. The fourth-order valence-electron chi connectivity index (χ4n) is 2.26. The number of carbonyl (C=O) groups excluding carboxylic acids is 1. The normalized spacial score (nSPS) is 30.1. The minimum Gasteiger partial charge on any atom is -1.00 e. The number of carboxylic acids is 1. The van der Waals surface area contributed by atoms with Gasteiger partial charge in [0.1, 0.15) is 0 Å². The van der Waals surface area contributed by atoms with Gasteiger partial charge in [-0.2, -0.15) is 11.8 Å². The summed E-state index contributed by atoms with van der Waals surface area (Å²) in [5.74, 6) is 0.236. The fourth-order valence-corrected chi connectivity index (χ4v) is 3.81. The third kappa shape index (κ3) is 4.19. The Labute approximate surface area is 137 Å². The van der Waals surface area contributed by atoms with Crippen molar-refractivity contribution >= 4 is 61.5 Å². The Morgan fingerprint density at radius 3 is 2.94 bits per heavy atom. The van der Waals surface area contributed by atoms with Gasteiger partial charge < -0.3 is 18.6 Å². The summed E-state index contributed by atoms with van der Waals surface area (Å²) in [6.07, 6.45) is 2.88. The second-order valence-corrected chi connectivity index (χ2v) is 5.53. The maximum atomic E-state index is 11.1. The second-order valence-electron chi connectivity index (χ2n) is 4.26. The number of fused-ring (bicyclic) bond motifs is 1. The van der Waals surface area contributed by atoms with E-state index < -0.39 is 5.97 Å². The van der Waals surface area contributed by atoms with Crippen LogP contribution in [0.5, 0.6) is 0 Å². The summed E-state index contributed by atoms with van der Waals surface area (Å²) in [5, 5.41) is 14.8. The van der Waals surface area contributed by atoms with Crippen LogP contribution in [-0.2, 0) is 4.79 Å². The quantitative estimate of drug-likeness (QED) is 0.394. The molecule has 0 spiro atoms. The monoisotopic (exact) mass is 286 g/mol. The van der Waals surface area contributed by atoms with Crippen LogP contribution in [0.4, 0.5) is 4.79 Å². The van der Waals surface area contributed by atoms with Crippen LogP contribution >= 0.6 is 11.8 Å². The predicted octanol–water partition coefficient (Wildman–Crippen LogP) is 0.641. The van der Waals surface area contributed by atoms with Crippen molar-refractivity contribution in [2.45, 2.75) is 43.0 Å². The van der Waals surface area contributed by atoms with Crippen LogP contribution in [0, 0.1) is 0 Å². The molecule has 0 saturated carbocycles. The molecule has 0 radical (unpaired) electrons. The molecule has 0 aromatic heterocycles. The molecule has 2 heterocycles. The molecule has 0 aromatic carbocycles. The zero-order valence-corrected chi connectivity index (χ0v) is 12.7. The molecule has 2 rings (SSSR count). The van der Waals surface area contributed by atoms with Crippen LogP contribution in [0.25, 0.3) is 0 Å². The van der Waals surface area contributed by atoms with Crippen LogP contribution in [-0.4, -0.2) is 77.9 Å². The first kappa shape index (κ1) is 15.4. The van der Waals surface area contributed by atoms with Crippen LogP contribution in [0.3, 0.4) is 0 Å². The SMILES string of the molecule is O=C(O)CCCC[C@@H]1SC[C@@H]2NC(=O)N[C@@H]21.[Ca+2].[H-].[H-]. The van der Waals surface area contributed by atoms with E-state index in [2.05, 4.69) is 10.6 Å². The minimum atomic E-state index is -0.729. The molecule has 2 amide bonds. The molecule has 2 saturated heterocycles. The topological polar surface area (TPSA) is 78.4 Å². The van der Waals surface area contributed by atoms with Gasteiger partial charge >= 0.3 is 49.7 Å². The number of carbonyl (C=O) groups is 2. The second kappa shape index (κ2) is 7.07. The third-order valence-electron chi connectivity index (χ3n) is 3.07. The van der Waals surface area contributed by atoms with E-state index in [9.17, 15) is 9.59 Å². The number of nitrogens with one attached hydrogen (secondary N) is 2. The molecule has 0 aliphatic carbocycles. The standard InChI is InChI=1S/C10H16N2O3S.Ca.2H/c13-8(14)4-2-1-3-7-9-6(5-16-7)11-10(15)12-9;;;/h6-7,9H,1-5H2,(H,13,14)(H2,11,12,15);;;/q;+2;2*-1/t6-,7-,9-;;;/m0.../s1. The first-order valence-corrected chi connectivity index (χ1v) is 6.62. The Hall–Kier alpha value is 0.350. The number of rotatable bonds is 5. The molecular formula is C10H18CaN2O3S. The Balaban J connectivity index is 0. The van der Waals surface area contributed by atoms with Gasteiger partial charge in [0.05, 0.1) is 12.1 Å². The zero-order chi connectivity index (χ0) is 11.5. The largest absolute Gasteiger partial charge is 2.00 e. The molecule has 0 unspecified atom stereocenters. The number of aliphatic carboxylic acids is 1. The molecule has 0 aromatic rings. The van der Waals surface area contributed by atoms with Gasteiger partial charge in [0, 0.05) is 17.4 Å².